The van der Waals surface area contributed by atoms with Crippen LogP contribution in [-0.2, 0) is 6.54 Å². The molecule has 0 atom stereocenters. The molecule has 4 rings (SSSR count). The van der Waals surface area contributed by atoms with Gasteiger partial charge in [-0.15, -0.1) is 5.10 Å². The number of hydrogen-bond donors (Lipinski definition) is 0. The van der Waals surface area contributed by atoms with Crippen molar-refractivity contribution in [1.29, 1.82) is 0 Å². The van der Waals surface area contributed by atoms with E-state index < -0.39 is 0 Å². The Labute approximate surface area is 125 Å². The van der Waals surface area contributed by atoms with Crippen molar-refractivity contribution < 1.29 is 0 Å². The predicted octanol–water partition coefficient (Wildman–Crippen LogP) is 2.81. The Morgan fingerprint density at radius 1 is 1.19 bits per heavy atom. The molecule has 0 aliphatic rings. The molecule has 0 fully saturated rings. The van der Waals surface area contributed by atoms with Crippen LogP contribution in [0.1, 0.15) is 6.92 Å². The van der Waals surface area contributed by atoms with Gasteiger partial charge >= 0.3 is 0 Å². The number of hydrogen-bond acceptors (Lipinski definition) is 4. The van der Waals surface area contributed by atoms with E-state index in [-0.39, 0.29) is 0 Å². The highest BCUT2D eigenvalue weighted by Gasteiger charge is 2.15. The summed E-state index contributed by atoms with van der Waals surface area (Å²) in [5.74, 6) is 0.505. The van der Waals surface area contributed by atoms with E-state index in [1.165, 1.54) is 0 Å². The quantitative estimate of drug-likeness (QED) is 0.571. The smallest absolute Gasteiger partial charge is 0.204 e. The van der Waals surface area contributed by atoms with Crippen molar-refractivity contribution in [3.05, 3.63) is 41.8 Å². The second-order valence-electron chi connectivity index (χ2n) is 4.65. The summed E-state index contributed by atoms with van der Waals surface area (Å²) in [6.07, 6.45) is 3.43. The van der Waals surface area contributed by atoms with Gasteiger partial charge in [-0.3, -0.25) is 4.68 Å². The van der Waals surface area contributed by atoms with Crippen LogP contribution in [0.3, 0.4) is 0 Å². The van der Waals surface area contributed by atoms with Crippen molar-refractivity contribution in [2.75, 3.05) is 0 Å². The maximum atomic E-state index is 6.22. The zero-order valence-corrected chi connectivity index (χ0v) is 12.0. The highest BCUT2D eigenvalue weighted by molar-refractivity contribution is 6.32. The fourth-order valence-electron chi connectivity index (χ4n) is 2.29. The normalized spacial score (nSPS) is 11.5. The third-order valence-corrected chi connectivity index (χ3v) is 3.61. The monoisotopic (exact) mass is 298 g/mol. The van der Waals surface area contributed by atoms with Gasteiger partial charge in [0.25, 0.3) is 0 Å². The van der Waals surface area contributed by atoms with E-state index in [0.717, 1.165) is 23.1 Å². The third kappa shape index (κ3) is 1.87. The predicted molar refractivity (Wildman–Crippen MR) is 80.2 cm³/mol. The zero-order valence-electron chi connectivity index (χ0n) is 11.2. The summed E-state index contributed by atoms with van der Waals surface area (Å²) in [6, 6.07) is 7.82. The van der Waals surface area contributed by atoms with E-state index in [0.29, 0.717) is 16.5 Å². The summed E-state index contributed by atoms with van der Waals surface area (Å²) in [7, 11) is 0. The molecule has 6 nitrogen and oxygen atoms in total. The van der Waals surface area contributed by atoms with Crippen LogP contribution in [0.5, 0.6) is 0 Å². The van der Waals surface area contributed by atoms with Crippen LogP contribution >= 0.6 is 11.6 Å². The molecular formula is C14H11ClN6. The molecule has 0 bridgehead atoms. The highest BCUT2D eigenvalue weighted by atomic mass is 35.5. The van der Waals surface area contributed by atoms with E-state index >= 15 is 0 Å². The van der Waals surface area contributed by atoms with Gasteiger partial charge in [0.2, 0.25) is 5.82 Å². The maximum Gasteiger partial charge on any atom is 0.204 e. The fraction of sp³-hybridized carbons (Fsp3) is 0.143. The fourth-order valence-corrected chi connectivity index (χ4v) is 2.53. The summed E-state index contributed by atoms with van der Waals surface area (Å²) in [5, 5.41) is 10.3. The van der Waals surface area contributed by atoms with Crippen molar-refractivity contribution in [2.24, 2.45) is 0 Å². The molecular weight excluding hydrogens is 288 g/mol. The lowest BCUT2D eigenvalue weighted by Crippen LogP contribution is -1.94. The number of benzene rings is 1. The Balaban J connectivity index is 1.98. The number of aromatic nitrogens is 6. The number of halogens is 1. The maximum absolute atomic E-state index is 6.22. The number of para-hydroxylation sites is 1. The molecule has 3 aromatic heterocycles. The van der Waals surface area contributed by atoms with Gasteiger partial charge in [0, 0.05) is 18.1 Å². The first-order valence-corrected chi connectivity index (χ1v) is 6.97. The zero-order chi connectivity index (χ0) is 14.4. The number of nitrogens with zero attached hydrogens (tertiary/aromatic N) is 6. The van der Waals surface area contributed by atoms with Crippen molar-refractivity contribution in [2.45, 2.75) is 13.5 Å². The van der Waals surface area contributed by atoms with Crippen LogP contribution in [0.4, 0.5) is 0 Å². The second-order valence-corrected chi connectivity index (χ2v) is 5.05. The van der Waals surface area contributed by atoms with Crippen molar-refractivity contribution in [3.63, 3.8) is 0 Å². The number of rotatable bonds is 2. The average Bonchev–Trinajstić information content (AvgIpc) is 3.10. The minimum Gasteiger partial charge on any atom is -0.271 e. The minimum atomic E-state index is 0.505. The minimum absolute atomic E-state index is 0.505. The standard InChI is InChI=1S/C14H11ClN6/c1-2-20-7-10(15)12(18-20)13-17-14-9-5-3-4-6-11(9)16-8-21(14)19-13/h3-8H,2H2,1H3. The van der Waals surface area contributed by atoms with Crippen LogP contribution in [0.2, 0.25) is 5.02 Å². The molecule has 0 saturated carbocycles. The Bertz CT molecular complexity index is 955. The van der Waals surface area contributed by atoms with Crippen LogP contribution in [-0.4, -0.2) is 29.4 Å². The molecule has 3 heterocycles. The largest absolute Gasteiger partial charge is 0.271 e. The van der Waals surface area contributed by atoms with Gasteiger partial charge in [0.05, 0.1) is 10.5 Å². The molecule has 0 aliphatic heterocycles. The van der Waals surface area contributed by atoms with Crippen LogP contribution in [0.15, 0.2) is 36.8 Å². The van der Waals surface area contributed by atoms with Gasteiger partial charge in [0.15, 0.2) is 11.3 Å². The molecule has 104 valence electrons. The Morgan fingerprint density at radius 2 is 2.05 bits per heavy atom. The lowest BCUT2D eigenvalue weighted by Gasteiger charge is -1.96. The summed E-state index contributed by atoms with van der Waals surface area (Å²) >= 11 is 6.22. The molecule has 0 spiro atoms. The average molecular weight is 299 g/mol. The molecule has 21 heavy (non-hydrogen) atoms. The van der Waals surface area contributed by atoms with Gasteiger partial charge in [-0.2, -0.15) is 5.10 Å². The van der Waals surface area contributed by atoms with Crippen molar-refractivity contribution in [3.8, 4) is 11.5 Å². The van der Waals surface area contributed by atoms with Gasteiger partial charge in [-0.05, 0) is 19.1 Å². The molecule has 0 aliphatic carbocycles. The lowest BCUT2D eigenvalue weighted by molar-refractivity contribution is 0.661. The van der Waals surface area contributed by atoms with E-state index in [9.17, 15) is 0 Å². The Morgan fingerprint density at radius 3 is 2.86 bits per heavy atom. The SMILES string of the molecule is CCn1cc(Cl)c(-c2nc3c4ccccc4ncn3n2)n1. The topological polar surface area (TPSA) is 60.9 Å². The molecule has 1 aromatic carbocycles. The summed E-state index contributed by atoms with van der Waals surface area (Å²) in [5.41, 5.74) is 2.22. The van der Waals surface area contributed by atoms with Crippen molar-refractivity contribution in [1.82, 2.24) is 29.4 Å². The molecule has 7 heteroatoms. The summed E-state index contributed by atoms with van der Waals surface area (Å²) in [6.45, 7) is 2.75. The number of aryl methyl sites for hydroxylation is 1. The molecule has 0 N–H and O–H groups in total. The molecule has 0 radical (unpaired) electrons. The highest BCUT2D eigenvalue weighted by Crippen LogP contribution is 2.25. The van der Waals surface area contributed by atoms with Crippen molar-refractivity contribution >= 4 is 28.2 Å². The molecule has 0 saturated heterocycles. The summed E-state index contributed by atoms with van der Waals surface area (Å²) in [4.78, 5) is 8.93. The van der Waals surface area contributed by atoms with Gasteiger partial charge in [0.1, 0.15) is 6.33 Å². The first-order valence-electron chi connectivity index (χ1n) is 6.59. The van der Waals surface area contributed by atoms with E-state index in [1.54, 1.807) is 21.7 Å². The van der Waals surface area contributed by atoms with Gasteiger partial charge in [-0.1, -0.05) is 23.7 Å². The summed E-state index contributed by atoms with van der Waals surface area (Å²) < 4.78 is 3.42. The van der Waals surface area contributed by atoms with E-state index in [1.807, 2.05) is 31.2 Å². The van der Waals surface area contributed by atoms with Gasteiger partial charge < -0.3 is 0 Å². The molecule has 0 amide bonds. The first kappa shape index (κ1) is 12.3. The molecule has 4 aromatic rings. The lowest BCUT2D eigenvalue weighted by atomic mass is 10.2. The van der Waals surface area contributed by atoms with Crippen LogP contribution in [0, 0.1) is 0 Å². The molecule has 0 unspecified atom stereocenters. The van der Waals surface area contributed by atoms with E-state index in [2.05, 4.69) is 20.2 Å². The Kier molecular flexibility index (Phi) is 2.65. The number of fused-ring (bicyclic) bond motifs is 3. The van der Waals surface area contributed by atoms with Crippen LogP contribution < -0.4 is 0 Å². The first-order chi connectivity index (χ1) is 10.3. The Hall–Kier alpha value is -2.47. The van der Waals surface area contributed by atoms with E-state index in [4.69, 9.17) is 11.6 Å². The third-order valence-electron chi connectivity index (χ3n) is 3.34. The van der Waals surface area contributed by atoms with Crippen LogP contribution in [0.25, 0.3) is 28.1 Å². The second kappa shape index (κ2) is 4.53. The van der Waals surface area contributed by atoms with Gasteiger partial charge in [-0.25, -0.2) is 14.5 Å².